The molecule has 2 saturated heterocycles. The van der Waals surface area contributed by atoms with Crippen LogP contribution in [0.5, 0.6) is 5.75 Å². The molecule has 1 amide bonds. The monoisotopic (exact) mass is 425 g/mol. The van der Waals surface area contributed by atoms with Crippen LogP contribution in [0.1, 0.15) is 48.5 Å². The minimum Gasteiger partial charge on any atom is -0.507 e. The lowest BCUT2D eigenvalue weighted by Crippen LogP contribution is -2.36. The summed E-state index contributed by atoms with van der Waals surface area (Å²) < 4.78 is 17.1. The van der Waals surface area contributed by atoms with Crippen LogP contribution < -0.4 is 4.74 Å². The second-order valence-corrected chi connectivity index (χ2v) is 7.95. The molecule has 1 aromatic heterocycles. The van der Waals surface area contributed by atoms with Crippen molar-refractivity contribution in [3.05, 3.63) is 58.6 Å². The zero-order valence-corrected chi connectivity index (χ0v) is 18.0. The van der Waals surface area contributed by atoms with E-state index < -0.39 is 17.7 Å². The summed E-state index contributed by atoms with van der Waals surface area (Å²) in [6, 6.07) is 7.91. The number of aliphatic hydroxyl groups excluding tert-OH is 1. The number of carbonyl (C=O) groups is 2. The molecule has 2 atom stereocenters. The number of aliphatic hydroxyl groups is 1. The lowest BCUT2D eigenvalue weighted by molar-refractivity contribution is -0.141. The average molecular weight is 425 g/mol. The van der Waals surface area contributed by atoms with E-state index >= 15 is 0 Å². The molecule has 0 saturated carbocycles. The van der Waals surface area contributed by atoms with Crippen LogP contribution in [0.15, 0.2) is 40.3 Å². The van der Waals surface area contributed by atoms with Gasteiger partial charge in [-0.25, -0.2) is 0 Å². The molecule has 2 aliphatic rings. The van der Waals surface area contributed by atoms with Crippen LogP contribution in [-0.4, -0.2) is 47.6 Å². The van der Waals surface area contributed by atoms with Gasteiger partial charge in [-0.1, -0.05) is 0 Å². The first kappa shape index (κ1) is 21.2. The Morgan fingerprint density at radius 2 is 2.03 bits per heavy atom. The van der Waals surface area contributed by atoms with Crippen LogP contribution in [0, 0.1) is 13.8 Å². The van der Waals surface area contributed by atoms with E-state index in [2.05, 4.69) is 0 Å². The fourth-order valence-corrected chi connectivity index (χ4v) is 4.24. The van der Waals surface area contributed by atoms with Crippen molar-refractivity contribution in [2.24, 2.45) is 0 Å². The number of likely N-dealkylation sites (tertiary alicyclic amines) is 1. The molecule has 0 bridgehead atoms. The number of benzene rings is 1. The van der Waals surface area contributed by atoms with E-state index in [1.54, 1.807) is 37.3 Å². The molecule has 3 heterocycles. The highest BCUT2D eigenvalue weighted by molar-refractivity contribution is 6.46. The Morgan fingerprint density at radius 1 is 1.23 bits per heavy atom. The molecule has 31 heavy (non-hydrogen) atoms. The van der Waals surface area contributed by atoms with E-state index in [0.717, 1.165) is 18.4 Å². The Morgan fingerprint density at radius 3 is 2.65 bits per heavy atom. The number of Topliss-reactive ketones (excluding diaryl/α,β-unsaturated/α-hetero) is 1. The number of hydrogen-bond donors (Lipinski definition) is 1. The number of ketones is 1. The van der Waals surface area contributed by atoms with Gasteiger partial charge < -0.3 is 23.9 Å². The van der Waals surface area contributed by atoms with E-state index in [-0.39, 0.29) is 24.0 Å². The van der Waals surface area contributed by atoms with Crippen LogP contribution >= 0.6 is 0 Å². The van der Waals surface area contributed by atoms with Crippen LogP contribution in [0.4, 0.5) is 0 Å². The standard InChI is InChI=1S/C24H27NO6/c1-4-29-18-10-8-16(12-14(18)2)22(26)20-21(19-9-7-15(3)31-19)25(24(28)23(20)27)13-17-6-5-11-30-17/h7-10,12,17,21,26H,4-6,11,13H2,1-3H3/b22-20-. The minimum atomic E-state index is -0.801. The molecule has 2 unspecified atom stereocenters. The number of furan rings is 1. The molecule has 0 spiro atoms. The third-order valence-corrected chi connectivity index (χ3v) is 5.74. The summed E-state index contributed by atoms with van der Waals surface area (Å²) >= 11 is 0. The fourth-order valence-electron chi connectivity index (χ4n) is 4.24. The topological polar surface area (TPSA) is 89.2 Å². The first-order valence-electron chi connectivity index (χ1n) is 10.6. The van der Waals surface area contributed by atoms with E-state index in [9.17, 15) is 14.7 Å². The summed E-state index contributed by atoms with van der Waals surface area (Å²) in [5.41, 5.74) is 1.30. The van der Waals surface area contributed by atoms with E-state index in [1.807, 2.05) is 13.8 Å². The van der Waals surface area contributed by atoms with Crippen molar-refractivity contribution in [2.75, 3.05) is 19.8 Å². The van der Waals surface area contributed by atoms with Crippen LogP contribution in [0.25, 0.3) is 5.76 Å². The van der Waals surface area contributed by atoms with Gasteiger partial charge in [0.1, 0.15) is 29.1 Å². The summed E-state index contributed by atoms with van der Waals surface area (Å²) in [6.07, 6.45) is 1.61. The largest absolute Gasteiger partial charge is 0.507 e. The maximum absolute atomic E-state index is 13.0. The van der Waals surface area contributed by atoms with Crippen molar-refractivity contribution in [1.82, 2.24) is 4.90 Å². The molecule has 0 aliphatic carbocycles. The Hall–Kier alpha value is -3.06. The average Bonchev–Trinajstić information content (AvgIpc) is 3.46. The van der Waals surface area contributed by atoms with Gasteiger partial charge in [-0.2, -0.15) is 0 Å². The number of ether oxygens (including phenoxy) is 2. The van der Waals surface area contributed by atoms with Crippen LogP contribution in [0.2, 0.25) is 0 Å². The molecule has 7 nitrogen and oxygen atoms in total. The molecule has 2 aliphatic heterocycles. The van der Waals surface area contributed by atoms with Gasteiger partial charge in [-0.05, 0) is 69.5 Å². The number of rotatable bonds is 6. The molecular weight excluding hydrogens is 398 g/mol. The molecule has 164 valence electrons. The smallest absolute Gasteiger partial charge is 0.295 e. The lowest BCUT2D eigenvalue weighted by atomic mass is 9.98. The van der Waals surface area contributed by atoms with E-state index in [0.29, 0.717) is 36.0 Å². The number of nitrogens with zero attached hydrogens (tertiary/aromatic N) is 1. The summed E-state index contributed by atoms with van der Waals surface area (Å²) in [5.74, 6) is 0.211. The second kappa shape index (κ2) is 8.59. The Bertz CT molecular complexity index is 1030. The van der Waals surface area contributed by atoms with Crippen molar-refractivity contribution in [2.45, 2.75) is 45.8 Å². The van der Waals surface area contributed by atoms with Crippen LogP contribution in [0.3, 0.4) is 0 Å². The van der Waals surface area contributed by atoms with Crippen molar-refractivity contribution in [1.29, 1.82) is 0 Å². The molecule has 4 rings (SSSR count). The van der Waals surface area contributed by atoms with Gasteiger partial charge in [-0.3, -0.25) is 9.59 Å². The Balaban J connectivity index is 1.78. The van der Waals surface area contributed by atoms with Gasteiger partial charge in [-0.15, -0.1) is 0 Å². The van der Waals surface area contributed by atoms with Crippen molar-refractivity contribution in [3.8, 4) is 5.75 Å². The van der Waals surface area contributed by atoms with Crippen molar-refractivity contribution < 1.29 is 28.6 Å². The maximum Gasteiger partial charge on any atom is 0.295 e. The zero-order valence-electron chi connectivity index (χ0n) is 18.0. The van der Waals surface area contributed by atoms with E-state index in [1.165, 1.54) is 4.90 Å². The quantitative estimate of drug-likeness (QED) is 0.429. The third-order valence-electron chi connectivity index (χ3n) is 5.74. The summed E-state index contributed by atoms with van der Waals surface area (Å²) in [5, 5.41) is 11.1. The number of aryl methyl sites for hydroxylation is 2. The second-order valence-electron chi connectivity index (χ2n) is 7.95. The zero-order chi connectivity index (χ0) is 22.1. The van der Waals surface area contributed by atoms with Gasteiger partial charge in [0.05, 0.1) is 18.3 Å². The summed E-state index contributed by atoms with van der Waals surface area (Å²) in [6.45, 7) is 7.00. The first-order valence-corrected chi connectivity index (χ1v) is 10.6. The molecule has 0 radical (unpaired) electrons. The highest BCUT2D eigenvalue weighted by Gasteiger charge is 2.48. The maximum atomic E-state index is 13.0. The summed E-state index contributed by atoms with van der Waals surface area (Å²) in [7, 11) is 0. The normalized spacial score (nSPS) is 23.0. The SMILES string of the molecule is CCOc1ccc(/C(O)=C2/C(=O)C(=O)N(CC3CCCO3)C2c2ccc(C)o2)cc1C. The predicted octanol–water partition coefficient (Wildman–Crippen LogP) is 3.90. The van der Waals surface area contributed by atoms with Crippen molar-refractivity contribution >= 4 is 17.4 Å². The van der Waals surface area contributed by atoms with Gasteiger partial charge in [0.2, 0.25) is 0 Å². The number of carbonyl (C=O) groups excluding carboxylic acids is 2. The molecule has 7 heteroatoms. The number of amides is 1. The Labute approximate surface area is 181 Å². The highest BCUT2D eigenvalue weighted by Crippen LogP contribution is 2.41. The third kappa shape index (κ3) is 3.97. The molecule has 1 N–H and O–H groups in total. The lowest BCUT2D eigenvalue weighted by Gasteiger charge is -2.25. The fraction of sp³-hybridized carbons (Fsp3) is 0.417. The predicted molar refractivity (Wildman–Crippen MR) is 114 cm³/mol. The highest BCUT2D eigenvalue weighted by atomic mass is 16.5. The van der Waals surface area contributed by atoms with Gasteiger partial charge >= 0.3 is 0 Å². The molecule has 2 fully saturated rings. The van der Waals surface area contributed by atoms with Gasteiger partial charge in [0, 0.05) is 18.7 Å². The first-order chi connectivity index (χ1) is 14.9. The minimum absolute atomic E-state index is 0.0286. The molecule has 2 aromatic rings. The Kier molecular flexibility index (Phi) is 5.87. The summed E-state index contributed by atoms with van der Waals surface area (Å²) in [4.78, 5) is 27.4. The van der Waals surface area contributed by atoms with Crippen LogP contribution in [-0.2, 0) is 14.3 Å². The molecular formula is C24H27NO6. The van der Waals surface area contributed by atoms with E-state index in [4.69, 9.17) is 13.9 Å². The number of hydrogen-bond acceptors (Lipinski definition) is 6. The van der Waals surface area contributed by atoms with Gasteiger partial charge in [0.15, 0.2) is 0 Å². The molecule has 1 aromatic carbocycles. The van der Waals surface area contributed by atoms with Gasteiger partial charge in [0.25, 0.3) is 11.7 Å². The van der Waals surface area contributed by atoms with Crippen molar-refractivity contribution in [3.63, 3.8) is 0 Å².